The second-order valence-electron chi connectivity index (χ2n) is 3.67. The van der Waals surface area contributed by atoms with E-state index in [0.717, 1.165) is 16.7 Å². The van der Waals surface area contributed by atoms with Gasteiger partial charge < -0.3 is 9.55 Å². The molecule has 0 aliphatic heterocycles. The summed E-state index contributed by atoms with van der Waals surface area (Å²) in [6.07, 6.45) is -4.53. The molecule has 18 heavy (non-hydrogen) atoms. The van der Waals surface area contributed by atoms with E-state index in [4.69, 9.17) is 0 Å². The predicted molar refractivity (Wildman–Crippen MR) is 62.5 cm³/mol. The van der Waals surface area contributed by atoms with Crippen LogP contribution in [0.3, 0.4) is 0 Å². The molecule has 1 N–H and O–H groups in total. The zero-order chi connectivity index (χ0) is 13.7. The number of aromatic amines is 1. The summed E-state index contributed by atoms with van der Waals surface area (Å²) in [6.45, 7) is 0. The van der Waals surface area contributed by atoms with Crippen molar-refractivity contribution in [3.05, 3.63) is 42.9 Å². The lowest BCUT2D eigenvalue weighted by Crippen LogP contribution is -2.35. The molecule has 0 aliphatic rings. The van der Waals surface area contributed by atoms with Crippen molar-refractivity contribution in [2.24, 2.45) is 7.05 Å². The van der Waals surface area contributed by atoms with Crippen LogP contribution in [-0.4, -0.2) is 9.55 Å². The van der Waals surface area contributed by atoms with Crippen LogP contribution in [0, 0.1) is 0 Å². The molecule has 0 aliphatic carbocycles. The molecular formula is C10H6BrF3N2O2. The number of rotatable bonds is 0. The average Bonchev–Trinajstić information content (AvgIpc) is 2.23. The van der Waals surface area contributed by atoms with Gasteiger partial charge in [0.2, 0.25) is 0 Å². The molecule has 0 radical (unpaired) electrons. The van der Waals surface area contributed by atoms with Gasteiger partial charge >= 0.3 is 17.3 Å². The van der Waals surface area contributed by atoms with Crippen LogP contribution in [0.25, 0.3) is 11.0 Å². The highest BCUT2D eigenvalue weighted by Gasteiger charge is 2.31. The molecule has 0 unspecified atom stereocenters. The molecule has 0 saturated heterocycles. The highest BCUT2D eigenvalue weighted by atomic mass is 79.9. The van der Waals surface area contributed by atoms with E-state index in [2.05, 4.69) is 20.9 Å². The van der Waals surface area contributed by atoms with E-state index in [9.17, 15) is 22.8 Å². The van der Waals surface area contributed by atoms with Crippen LogP contribution in [-0.2, 0) is 13.2 Å². The van der Waals surface area contributed by atoms with Crippen molar-refractivity contribution in [1.29, 1.82) is 0 Å². The number of hydrogen-bond acceptors (Lipinski definition) is 2. The summed E-state index contributed by atoms with van der Waals surface area (Å²) < 4.78 is 38.9. The molecule has 1 aromatic heterocycles. The Kier molecular flexibility index (Phi) is 2.84. The second-order valence-corrected chi connectivity index (χ2v) is 4.52. The smallest absolute Gasteiger partial charge is 0.316 e. The number of hydrogen-bond donors (Lipinski definition) is 1. The second kappa shape index (κ2) is 3.98. The Morgan fingerprint density at radius 1 is 1.28 bits per heavy atom. The van der Waals surface area contributed by atoms with Crippen LogP contribution in [0.4, 0.5) is 13.2 Å². The first-order chi connectivity index (χ1) is 8.21. The van der Waals surface area contributed by atoms with E-state index < -0.39 is 22.9 Å². The molecule has 1 aromatic carbocycles. The Morgan fingerprint density at radius 2 is 1.89 bits per heavy atom. The standard InChI is InChI=1S/C10H6BrF3N2O2/c1-16-7-5(11)2-4(10(12,13)14)3-6(7)15-8(17)9(16)18/h2-3H,1H3,(H,15,17). The highest BCUT2D eigenvalue weighted by Crippen LogP contribution is 2.33. The zero-order valence-electron chi connectivity index (χ0n) is 8.93. The van der Waals surface area contributed by atoms with E-state index in [1.54, 1.807) is 0 Å². The van der Waals surface area contributed by atoms with Gasteiger partial charge in [-0.3, -0.25) is 9.59 Å². The van der Waals surface area contributed by atoms with Crippen LogP contribution in [0.15, 0.2) is 26.2 Å². The van der Waals surface area contributed by atoms with Crippen LogP contribution in [0.1, 0.15) is 5.56 Å². The van der Waals surface area contributed by atoms with Crippen molar-refractivity contribution in [3.8, 4) is 0 Å². The van der Waals surface area contributed by atoms with Gasteiger partial charge in [-0.1, -0.05) is 0 Å². The molecule has 0 bridgehead atoms. The normalized spacial score (nSPS) is 12.1. The Balaban J connectivity index is 2.96. The molecule has 0 saturated carbocycles. The quantitative estimate of drug-likeness (QED) is 0.754. The maximum Gasteiger partial charge on any atom is 0.416 e. The molecule has 0 atom stereocenters. The monoisotopic (exact) mass is 322 g/mol. The Labute approximate surface area is 106 Å². The molecule has 4 nitrogen and oxygen atoms in total. The van der Waals surface area contributed by atoms with Gasteiger partial charge in [-0.25, -0.2) is 0 Å². The number of aromatic nitrogens is 2. The molecule has 96 valence electrons. The predicted octanol–water partition coefficient (Wildman–Crippen LogP) is 2.01. The van der Waals surface area contributed by atoms with Crippen molar-refractivity contribution < 1.29 is 13.2 Å². The molecule has 0 fully saturated rings. The fourth-order valence-corrected chi connectivity index (χ4v) is 2.35. The largest absolute Gasteiger partial charge is 0.416 e. The first-order valence-corrected chi connectivity index (χ1v) is 5.51. The summed E-state index contributed by atoms with van der Waals surface area (Å²) in [5.41, 5.74) is -2.55. The lowest BCUT2D eigenvalue weighted by Gasteiger charge is -2.11. The van der Waals surface area contributed by atoms with Gasteiger partial charge in [-0.05, 0) is 28.1 Å². The Hall–Kier alpha value is -1.57. The van der Waals surface area contributed by atoms with E-state index in [1.165, 1.54) is 7.05 Å². The first kappa shape index (κ1) is 12.9. The zero-order valence-corrected chi connectivity index (χ0v) is 10.5. The number of aryl methyl sites for hydroxylation is 1. The number of alkyl halides is 3. The molecule has 8 heteroatoms. The maximum atomic E-state index is 12.6. The minimum atomic E-state index is -4.53. The summed E-state index contributed by atoms with van der Waals surface area (Å²) in [5, 5.41) is 0. The first-order valence-electron chi connectivity index (χ1n) is 4.71. The maximum absolute atomic E-state index is 12.6. The van der Waals surface area contributed by atoms with Gasteiger partial charge in [-0.15, -0.1) is 0 Å². The number of fused-ring (bicyclic) bond motifs is 1. The van der Waals surface area contributed by atoms with Crippen molar-refractivity contribution >= 4 is 27.0 Å². The van der Waals surface area contributed by atoms with Crippen LogP contribution in [0.2, 0.25) is 0 Å². The van der Waals surface area contributed by atoms with Gasteiger partial charge in [0.05, 0.1) is 16.6 Å². The van der Waals surface area contributed by atoms with Crippen LogP contribution < -0.4 is 11.1 Å². The van der Waals surface area contributed by atoms with Crippen molar-refractivity contribution in [2.75, 3.05) is 0 Å². The minimum absolute atomic E-state index is 0.0520. The van der Waals surface area contributed by atoms with Crippen LogP contribution >= 0.6 is 15.9 Å². The third kappa shape index (κ3) is 1.96. The number of H-pyrrole nitrogens is 1. The number of halogens is 4. The number of nitrogens with one attached hydrogen (secondary N) is 1. The lowest BCUT2D eigenvalue weighted by atomic mass is 10.2. The van der Waals surface area contributed by atoms with Crippen molar-refractivity contribution in [3.63, 3.8) is 0 Å². The van der Waals surface area contributed by atoms with Gasteiger partial charge in [-0.2, -0.15) is 13.2 Å². The van der Waals surface area contributed by atoms with Gasteiger partial charge in [0.1, 0.15) is 0 Å². The van der Waals surface area contributed by atoms with E-state index >= 15 is 0 Å². The summed E-state index contributed by atoms with van der Waals surface area (Å²) in [6, 6.07) is 1.65. The van der Waals surface area contributed by atoms with Crippen molar-refractivity contribution in [1.82, 2.24) is 9.55 Å². The molecule has 2 rings (SSSR count). The molecule has 0 spiro atoms. The summed E-state index contributed by atoms with van der Waals surface area (Å²) >= 11 is 2.97. The fourth-order valence-electron chi connectivity index (χ4n) is 1.63. The minimum Gasteiger partial charge on any atom is -0.316 e. The summed E-state index contributed by atoms with van der Waals surface area (Å²) in [7, 11) is 1.32. The fraction of sp³-hybridized carbons (Fsp3) is 0.200. The third-order valence-corrected chi connectivity index (χ3v) is 3.08. The van der Waals surface area contributed by atoms with E-state index in [1.807, 2.05) is 0 Å². The van der Waals surface area contributed by atoms with E-state index in [-0.39, 0.29) is 15.5 Å². The molecule has 1 heterocycles. The molecular weight excluding hydrogens is 317 g/mol. The van der Waals surface area contributed by atoms with Crippen LogP contribution in [0.5, 0.6) is 0 Å². The Morgan fingerprint density at radius 3 is 2.44 bits per heavy atom. The van der Waals surface area contributed by atoms with Crippen molar-refractivity contribution in [2.45, 2.75) is 6.18 Å². The van der Waals surface area contributed by atoms with Gasteiger partial charge in [0.15, 0.2) is 0 Å². The average molecular weight is 323 g/mol. The van der Waals surface area contributed by atoms with Gasteiger partial charge in [0, 0.05) is 11.5 Å². The number of benzene rings is 1. The number of nitrogens with zero attached hydrogens (tertiary/aromatic N) is 1. The molecule has 0 amide bonds. The lowest BCUT2D eigenvalue weighted by molar-refractivity contribution is -0.137. The van der Waals surface area contributed by atoms with Gasteiger partial charge in [0.25, 0.3) is 0 Å². The third-order valence-electron chi connectivity index (χ3n) is 2.47. The molecule has 2 aromatic rings. The SMILES string of the molecule is Cn1c(=O)c(=O)[nH]c2cc(C(F)(F)F)cc(Br)c21. The topological polar surface area (TPSA) is 54.9 Å². The summed E-state index contributed by atoms with van der Waals surface area (Å²) in [4.78, 5) is 24.8. The summed E-state index contributed by atoms with van der Waals surface area (Å²) in [5.74, 6) is 0. The Bertz CT molecular complexity index is 746. The highest BCUT2D eigenvalue weighted by molar-refractivity contribution is 9.10. The van der Waals surface area contributed by atoms with E-state index in [0.29, 0.717) is 0 Å².